The summed E-state index contributed by atoms with van der Waals surface area (Å²) in [7, 11) is -7.62. The second kappa shape index (κ2) is 7.68. The predicted octanol–water partition coefficient (Wildman–Crippen LogP) is 2.65. The van der Waals surface area contributed by atoms with Gasteiger partial charge in [0.25, 0.3) is 10.0 Å². The van der Waals surface area contributed by atoms with E-state index < -0.39 is 26.0 Å². The lowest BCUT2D eigenvalue weighted by Gasteiger charge is -2.17. The van der Waals surface area contributed by atoms with Gasteiger partial charge in [-0.05, 0) is 68.8 Å². The molecule has 1 N–H and O–H groups in total. The van der Waals surface area contributed by atoms with Crippen LogP contribution in [0.3, 0.4) is 0 Å². The van der Waals surface area contributed by atoms with Crippen molar-refractivity contribution in [2.45, 2.75) is 38.2 Å². The third kappa shape index (κ3) is 4.54. The fourth-order valence-corrected chi connectivity index (χ4v) is 5.75. The van der Waals surface area contributed by atoms with Crippen molar-refractivity contribution in [3.05, 3.63) is 48.0 Å². The van der Waals surface area contributed by atoms with Gasteiger partial charge in [-0.2, -0.15) is 0 Å². The van der Waals surface area contributed by atoms with Gasteiger partial charge in [0.05, 0.1) is 22.4 Å². The lowest BCUT2D eigenvalue weighted by Crippen LogP contribution is -2.29. The SMILES string of the molecule is Cc1cc(N2C(=O)CCS2(=O)=O)ccc1S(=O)(=O)Nc1ccc(OC(C)C)cc1. The van der Waals surface area contributed by atoms with E-state index in [1.54, 1.807) is 31.2 Å². The Morgan fingerprint density at radius 3 is 2.28 bits per heavy atom. The Balaban J connectivity index is 1.85. The molecule has 1 aliphatic heterocycles. The number of carbonyl (C=O) groups excluding carboxylic acids is 1. The molecule has 0 saturated carbocycles. The number of sulfonamides is 2. The number of anilines is 2. The first-order valence-corrected chi connectivity index (χ1v) is 12.0. The molecule has 0 atom stereocenters. The third-order valence-electron chi connectivity index (χ3n) is 4.24. The number of amides is 1. The Bertz CT molecular complexity index is 1140. The molecule has 0 radical (unpaired) electrons. The normalized spacial score (nSPS) is 16.3. The molecule has 8 nitrogen and oxygen atoms in total. The molecule has 0 spiro atoms. The summed E-state index contributed by atoms with van der Waals surface area (Å²) in [4.78, 5) is 11.9. The lowest BCUT2D eigenvalue weighted by atomic mass is 10.2. The maximum absolute atomic E-state index is 12.8. The summed E-state index contributed by atoms with van der Waals surface area (Å²) in [5.74, 6) is -0.148. The second-order valence-electron chi connectivity index (χ2n) is 6.97. The molecule has 0 unspecified atom stereocenters. The van der Waals surface area contributed by atoms with Gasteiger partial charge in [0.2, 0.25) is 15.9 Å². The molecule has 2 aromatic rings. The highest BCUT2D eigenvalue weighted by Gasteiger charge is 2.36. The van der Waals surface area contributed by atoms with E-state index >= 15 is 0 Å². The number of hydrogen-bond donors (Lipinski definition) is 1. The van der Waals surface area contributed by atoms with Crippen molar-refractivity contribution in [1.82, 2.24) is 0 Å². The summed E-state index contributed by atoms with van der Waals surface area (Å²) in [6, 6.07) is 10.5. The Kier molecular flexibility index (Phi) is 5.59. The lowest BCUT2D eigenvalue weighted by molar-refractivity contribution is -0.116. The highest BCUT2D eigenvalue weighted by atomic mass is 32.2. The van der Waals surface area contributed by atoms with Crippen LogP contribution >= 0.6 is 0 Å². The Hall–Kier alpha value is -2.59. The van der Waals surface area contributed by atoms with Crippen LogP contribution in [0.25, 0.3) is 0 Å². The van der Waals surface area contributed by atoms with Crippen molar-refractivity contribution < 1.29 is 26.4 Å². The van der Waals surface area contributed by atoms with Crippen molar-refractivity contribution >= 4 is 37.3 Å². The smallest absolute Gasteiger partial charge is 0.262 e. The minimum Gasteiger partial charge on any atom is -0.491 e. The molecule has 156 valence electrons. The maximum atomic E-state index is 12.8. The number of hydrogen-bond acceptors (Lipinski definition) is 6. The molecule has 1 saturated heterocycles. The van der Waals surface area contributed by atoms with E-state index in [2.05, 4.69) is 4.72 Å². The predicted molar refractivity (Wildman–Crippen MR) is 110 cm³/mol. The standard InChI is InChI=1S/C19H22N2O6S2/c1-13(2)27-17-7-4-15(5-8-17)20-29(25,26)18-9-6-16(12-14(18)3)21-19(22)10-11-28(21,23)24/h4-9,12-13,20H,10-11H2,1-3H3. The highest BCUT2D eigenvalue weighted by molar-refractivity contribution is 7.94. The van der Waals surface area contributed by atoms with E-state index in [0.717, 1.165) is 4.31 Å². The summed E-state index contributed by atoms with van der Waals surface area (Å²) in [5, 5.41) is 0. The molecule has 2 aromatic carbocycles. The molecule has 1 aliphatic rings. The number of aryl methyl sites for hydroxylation is 1. The van der Waals surface area contributed by atoms with E-state index in [1.807, 2.05) is 13.8 Å². The van der Waals surface area contributed by atoms with Gasteiger partial charge in [0.15, 0.2) is 0 Å². The first-order valence-electron chi connectivity index (χ1n) is 8.95. The van der Waals surface area contributed by atoms with Crippen LogP contribution < -0.4 is 13.8 Å². The van der Waals surface area contributed by atoms with Gasteiger partial charge >= 0.3 is 0 Å². The Morgan fingerprint density at radius 1 is 1.10 bits per heavy atom. The van der Waals surface area contributed by atoms with Gasteiger partial charge in [-0.1, -0.05) is 0 Å². The molecule has 10 heteroatoms. The van der Waals surface area contributed by atoms with Gasteiger partial charge in [0.1, 0.15) is 5.75 Å². The molecule has 1 heterocycles. The first kappa shape index (κ1) is 21.1. The zero-order chi connectivity index (χ0) is 21.4. The quantitative estimate of drug-likeness (QED) is 0.742. The number of benzene rings is 2. The fraction of sp³-hybridized carbons (Fsp3) is 0.316. The number of rotatable bonds is 6. The minimum absolute atomic E-state index is 0.00464. The van der Waals surface area contributed by atoms with Gasteiger partial charge in [-0.25, -0.2) is 21.1 Å². The van der Waals surface area contributed by atoms with E-state index in [4.69, 9.17) is 4.74 Å². The molecule has 0 aliphatic carbocycles. The van der Waals surface area contributed by atoms with Crippen LogP contribution in [-0.2, 0) is 24.8 Å². The molecule has 0 aromatic heterocycles. The Labute approximate surface area is 170 Å². The van der Waals surface area contributed by atoms with Crippen LogP contribution in [0.15, 0.2) is 47.4 Å². The monoisotopic (exact) mass is 438 g/mol. The molecule has 3 rings (SSSR count). The van der Waals surface area contributed by atoms with Crippen LogP contribution in [0.2, 0.25) is 0 Å². The fourth-order valence-electron chi connectivity index (χ4n) is 3.01. The summed E-state index contributed by atoms with van der Waals surface area (Å²) in [6.45, 7) is 5.33. The number of ether oxygens (including phenoxy) is 1. The van der Waals surface area contributed by atoms with Crippen LogP contribution in [0, 0.1) is 6.92 Å². The van der Waals surface area contributed by atoms with Crippen molar-refractivity contribution in [3.63, 3.8) is 0 Å². The zero-order valence-electron chi connectivity index (χ0n) is 16.2. The van der Waals surface area contributed by atoms with Gasteiger partial charge in [-0.3, -0.25) is 9.52 Å². The van der Waals surface area contributed by atoms with Crippen molar-refractivity contribution in [1.29, 1.82) is 0 Å². The van der Waals surface area contributed by atoms with Gasteiger partial charge in [-0.15, -0.1) is 0 Å². The first-order chi connectivity index (χ1) is 13.5. The largest absolute Gasteiger partial charge is 0.491 e. The molecule has 29 heavy (non-hydrogen) atoms. The van der Waals surface area contributed by atoms with Crippen molar-refractivity contribution in [2.24, 2.45) is 0 Å². The van der Waals surface area contributed by atoms with Gasteiger partial charge < -0.3 is 4.74 Å². The summed E-state index contributed by atoms with van der Waals surface area (Å²) < 4.78 is 58.4. The van der Waals surface area contributed by atoms with Crippen LogP contribution in [0.1, 0.15) is 25.8 Å². The van der Waals surface area contributed by atoms with E-state index in [1.165, 1.54) is 18.2 Å². The minimum atomic E-state index is -3.91. The van der Waals surface area contributed by atoms with Crippen molar-refractivity contribution in [3.8, 4) is 5.75 Å². The highest BCUT2D eigenvalue weighted by Crippen LogP contribution is 2.29. The number of carbonyl (C=O) groups is 1. The topological polar surface area (TPSA) is 110 Å². The van der Waals surface area contributed by atoms with Crippen molar-refractivity contribution in [2.75, 3.05) is 14.8 Å². The van der Waals surface area contributed by atoms with E-state index in [-0.39, 0.29) is 28.9 Å². The van der Waals surface area contributed by atoms with Crippen LogP contribution in [0.5, 0.6) is 5.75 Å². The molecule has 1 amide bonds. The van der Waals surface area contributed by atoms with E-state index in [9.17, 15) is 21.6 Å². The molecular formula is C19H22N2O6S2. The average Bonchev–Trinajstić information content (AvgIpc) is 2.88. The summed E-state index contributed by atoms with van der Waals surface area (Å²) >= 11 is 0. The molecular weight excluding hydrogens is 416 g/mol. The average molecular weight is 439 g/mol. The second-order valence-corrected chi connectivity index (χ2v) is 10.6. The van der Waals surface area contributed by atoms with Gasteiger partial charge in [0, 0.05) is 12.1 Å². The third-order valence-corrected chi connectivity index (χ3v) is 7.47. The van der Waals surface area contributed by atoms with Crippen LogP contribution in [0.4, 0.5) is 11.4 Å². The Morgan fingerprint density at radius 2 is 1.76 bits per heavy atom. The maximum Gasteiger partial charge on any atom is 0.262 e. The molecule has 1 fully saturated rings. The zero-order valence-corrected chi connectivity index (χ0v) is 17.9. The number of nitrogens with one attached hydrogen (secondary N) is 1. The summed E-state index contributed by atoms with van der Waals surface area (Å²) in [6.07, 6.45) is -0.0792. The number of nitrogens with zero attached hydrogens (tertiary/aromatic N) is 1. The molecule has 0 bridgehead atoms. The van der Waals surface area contributed by atoms with E-state index in [0.29, 0.717) is 17.0 Å². The van der Waals surface area contributed by atoms with Crippen LogP contribution in [-0.4, -0.2) is 34.6 Å². The summed E-state index contributed by atoms with van der Waals surface area (Å²) in [5.41, 5.74) is 0.825.